The molecule has 0 bridgehead atoms. The maximum absolute atomic E-state index is 13.4. The average Bonchev–Trinajstić information content (AvgIpc) is 3.17. The molecule has 0 spiro atoms. The van der Waals surface area contributed by atoms with E-state index in [9.17, 15) is 14.5 Å². The van der Waals surface area contributed by atoms with Gasteiger partial charge in [0.2, 0.25) is 5.95 Å². The molecular formula is C26H35N6O4+. The number of aromatic nitrogens is 2. The van der Waals surface area contributed by atoms with E-state index >= 15 is 0 Å². The lowest BCUT2D eigenvalue weighted by Gasteiger charge is -2.26. The maximum atomic E-state index is 13.4. The molecule has 3 rings (SSSR count). The van der Waals surface area contributed by atoms with Crippen LogP contribution in [0.3, 0.4) is 0 Å². The molecule has 1 heterocycles. The minimum atomic E-state index is -0.419. The minimum absolute atomic E-state index is 0.0166. The van der Waals surface area contributed by atoms with Crippen LogP contribution in [0.15, 0.2) is 42.5 Å². The van der Waals surface area contributed by atoms with Crippen LogP contribution in [0.1, 0.15) is 54.8 Å². The number of nitrogens with two attached hydrogens (primary N) is 1. The van der Waals surface area contributed by atoms with Gasteiger partial charge in [-0.1, -0.05) is 27.7 Å². The Labute approximate surface area is 210 Å². The summed E-state index contributed by atoms with van der Waals surface area (Å²) in [4.78, 5) is 43.5. The van der Waals surface area contributed by atoms with Gasteiger partial charge in [0.1, 0.15) is 0 Å². The van der Waals surface area contributed by atoms with Gasteiger partial charge in [-0.15, -0.1) is 0 Å². The van der Waals surface area contributed by atoms with Crippen LogP contribution in [0.4, 0.5) is 11.6 Å². The van der Waals surface area contributed by atoms with Gasteiger partial charge in [-0.3, -0.25) is 14.9 Å². The second-order valence-corrected chi connectivity index (χ2v) is 9.70. The summed E-state index contributed by atoms with van der Waals surface area (Å²) in [5.41, 5.74) is 8.01. The quantitative estimate of drug-likeness (QED) is 0.342. The SMILES string of the molecule is CC(C)CN(CC(C)C)C(=O)c1ccc2nc(NC(=O)c3ccc([N+](=O)O)cc3)n(CCCN)c2c1. The van der Waals surface area contributed by atoms with E-state index in [1.807, 2.05) is 15.5 Å². The number of amides is 2. The van der Waals surface area contributed by atoms with Gasteiger partial charge >= 0.3 is 5.69 Å². The largest absolute Gasteiger partial charge is 0.338 e. The summed E-state index contributed by atoms with van der Waals surface area (Å²) in [5, 5.41) is 11.8. The summed E-state index contributed by atoms with van der Waals surface area (Å²) in [6, 6.07) is 10.9. The van der Waals surface area contributed by atoms with E-state index < -0.39 is 5.91 Å². The molecular weight excluding hydrogens is 460 g/mol. The first-order chi connectivity index (χ1) is 17.1. The number of carbonyl (C=O) groups is 2. The van der Waals surface area contributed by atoms with Crippen LogP contribution >= 0.6 is 0 Å². The number of imidazole rings is 1. The summed E-state index contributed by atoms with van der Waals surface area (Å²) in [7, 11) is 0. The zero-order chi connectivity index (χ0) is 26.4. The third-order valence-electron chi connectivity index (χ3n) is 5.62. The lowest BCUT2D eigenvalue weighted by Crippen LogP contribution is -2.37. The third kappa shape index (κ3) is 6.45. The van der Waals surface area contributed by atoms with Gasteiger partial charge < -0.3 is 15.2 Å². The third-order valence-corrected chi connectivity index (χ3v) is 5.62. The summed E-state index contributed by atoms with van der Waals surface area (Å²) in [6.07, 6.45) is 0.657. The molecule has 0 atom stereocenters. The van der Waals surface area contributed by atoms with Gasteiger partial charge in [-0.25, -0.2) is 10.2 Å². The van der Waals surface area contributed by atoms with Crippen molar-refractivity contribution in [2.75, 3.05) is 25.0 Å². The molecule has 2 amide bonds. The van der Waals surface area contributed by atoms with Crippen molar-refractivity contribution in [3.05, 3.63) is 58.5 Å². The summed E-state index contributed by atoms with van der Waals surface area (Å²) in [6.45, 7) is 10.7. The predicted molar refractivity (Wildman–Crippen MR) is 138 cm³/mol. The average molecular weight is 496 g/mol. The number of nitrogens with one attached hydrogen (secondary N) is 1. The Kier molecular flexibility index (Phi) is 8.76. The van der Waals surface area contributed by atoms with Crippen LogP contribution in [0.5, 0.6) is 0 Å². The molecule has 0 aliphatic heterocycles. The van der Waals surface area contributed by atoms with Crippen LogP contribution in [-0.2, 0) is 6.54 Å². The van der Waals surface area contributed by atoms with Gasteiger partial charge in [-0.05, 0) is 55.1 Å². The van der Waals surface area contributed by atoms with Crippen LogP contribution < -0.4 is 11.1 Å². The summed E-state index contributed by atoms with van der Waals surface area (Å²) in [5.74, 6) is 0.573. The van der Waals surface area contributed by atoms with E-state index in [4.69, 9.17) is 10.9 Å². The number of nitrogens with zero attached hydrogens (tertiary/aromatic N) is 4. The number of hydrogen-bond donors (Lipinski definition) is 3. The molecule has 0 fully saturated rings. The van der Waals surface area contributed by atoms with E-state index in [0.29, 0.717) is 67.0 Å². The Bertz CT molecular complexity index is 1220. The van der Waals surface area contributed by atoms with Crippen molar-refractivity contribution in [2.45, 2.75) is 40.7 Å². The van der Waals surface area contributed by atoms with Crippen LogP contribution in [0.25, 0.3) is 11.0 Å². The smallest absolute Gasteiger partial charge is 0.316 e. The molecule has 10 heteroatoms. The lowest BCUT2D eigenvalue weighted by molar-refractivity contribution is -0.729. The van der Waals surface area contributed by atoms with E-state index in [2.05, 4.69) is 38.0 Å². The van der Waals surface area contributed by atoms with E-state index in [0.717, 1.165) is 5.52 Å². The molecule has 0 unspecified atom stereocenters. The predicted octanol–water partition coefficient (Wildman–Crippen LogP) is 4.19. The van der Waals surface area contributed by atoms with Crippen molar-refractivity contribution in [3.63, 3.8) is 0 Å². The zero-order valence-electron chi connectivity index (χ0n) is 21.3. The Balaban J connectivity index is 1.95. The summed E-state index contributed by atoms with van der Waals surface area (Å²) >= 11 is 0. The molecule has 0 radical (unpaired) electrons. The lowest BCUT2D eigenvalue weighted by atomic mass is 10.1. The van der Waals surface area contributed by atoms with Gasteiger partial charge in [0.05, 0.1) is 15.9 Å². The van der Waals surface area contributed by atoms with Crippen molar-refractivity contribution in [3.8, 4) is 0 Å². The van der Waals surface area contributed by atoms with Crippen molar-refractivity contribution < 1.29 is 19.7 Å². The highest BCUT2D eigenvalue weighted by Gasteiger charge is 2.21. The number of benzene rings is 2. The van der Waals surface area contributed by atoms with Crippen LogP contribution in [0, 0.1) is 16.7 Å². The first kappa shape index (κ1) is 26.8. The number of anilines is 1. The molecule has 2 aromatic carbocycles. The molecule has 0 aliphatic carbocycles. The zero-order valence-corrected chi connectivity index (χ0v) is 21.3. The fourth-order valence-electron chi connectivity index (χ4n) is 4.05. The molecule has 3 aromatic rings. The number of carbonyl (C=O) groups excluding carboxylic acids is 2. The summed E-state index contributed by atoms with van der Waals surface area (Å²) < 4.78 is 1.85. The highest BCUT2D eigenvalue weighted by atomic mass is 16.6. The van der Waals surface area contributed by atoms with Gasteiger partial charge in [0, 0.05) is 42.9 Å². The maximum Gasteiger partial charge on any atom is 0.316 e. The van der Waals surface area contributed by atoms with E-state index in [-0.39, 0.29) is 16.5 Å². The molecule has 36 heavy (non-hydrogen) atoms. The highest BCUT2D eigenvalue weighted by molar-refractivity contribution is 6.04. The molecule has 0 aliphatic rings. The van der Waals surface area contributed by atoms with Gasteiger partial charge in [0.15, 0.2) is 0 Å². The molecule has 0 saturated heterocycles. The standard InChI is InChI=1S/C26H34N6O4/c1-17(2)15-30(16-18(3)4)25(34)20-8-11-22-23(14-20)31(13-5-12-27)26(28-22)29-24(33)19-6-9-21(10-7-19)32(35)36/h6-11,14,17-18H,5,12-13,15-16,27H2,1-4H3,(H-,28,29,33,34,35,36)/p+1. The Morgan fingerprint density at radius 2 is 1.67 bits per heavy atom. The molecule has 0 saturated carbocycles. The number of fused-ring (bicyclic) bond motifs is 1. The number of aryl methyl sites for hydroxylation is 1. The highest BCUT2D eigenvalue weighted by Crippen LogP contribution is 2.24. The number of rotatable bonds is 11. The molecule has 10 nitrogen and oxygen atoms in total. The van der Waals surface area contributed by atoms with E-state index in [1.54, 1.807) is 12.1 Å². The Hall–Kier alpha value is -3.79. The first-order valence-corrected chi connectivity index (χ1v) is 12.2. The van der Waals surface area contributed by atoms with Crippen LogP contribution in [0.2, 0.25) is 0 Å². The van der Waals surface area contributed by atoms with Crippen molar-refractivity contribution >= 4 is 34.5 Å². The Morgan fingerprint density at radius 1 is 1.06 bits per heavy atom. The fourth-order valence-corrected chi connectivity index (χ4v) is 4.05. The van der Waals surface area contributed by atoms with Gasteiger partial charge in [0.25, 0.3) is 16.7 Å². The van der Waals surface area contributed by atoms with Crippen molar-refractivity contribution in [1.29, 1.82) is 0 Å². The topological polar surface area (TPSA) is 134 Å². The Morgan fingerprint density at radius 3 is 2.22 bits per heavy atom. The van der Waals surface area contributed by atoms with Gasteiger partial charge in [-0.2, -0.15) is 0 Å². The molecule has 192 valence electrons. The van der Waals surface area contributed by atoms with Crippen molar-refractivity contribution in [1.82, 2.24) is 14.5 Å². The fraction of sp³-hybridized carbons (Fsp3) is 0.423. The second-order valence-electron chi connectivity index (χ2n) is 9.70. The first-order valence-electron chi connectivity index (χ1n) is 12.2. The van der Waals surface area contributed by atoms with Crippen LogP contribution in [-0.4, -0.2) is 56.0 Å². The monoisotopic (exact) mass is 495 g/mol. The normalized spacial score (nSPS) is 11.3. The van der Waals surface area contributed by atoms with Crippen molar-refractivity contribution in [2.24, 2.45) is 17.6 Å². The molecule has 4 N–H and O–H groups in total. The number of hydrogen-bond acceptors (Lipinski definition) is 5. The minimum Gasteiger partial charge on any atom is -0.338 e. The van der Waals surface area contributed by atoms with E-state index in [1.165, 1.54) is 24.3 Å². The molecule has 1 aromatic heterocycles. The second kappa shape index (κ2) is 11.8.